The molecule has 0 radical (unpaired) electrons. The third-order valence-corrected chi connectivity index (χ3v) is 8.26. The van der Waals surface area contributed by atoms with Crippen molar-refractivity contribution in [3.63, 3.8) is 0 Å². The van der Waals surface area contributed by atoms with Gasteiger partial charge in [-0.2, -0.15) is 0 Å². The number of aliphatic hydroxyl groups excluding tert-OH is 1. The molecule has 7 heteroatoms. The van der Waals surface area contributed by atoms with Crippen molar-refractivity contribution >= 4 is 23.4 Å². The predicted molar refractivity (Wildman–Crippen MR) is 136 cm³/mol. The molecule has 3 saturated heterocycles. The summed E-state index contributed by atoms with van der Waals surface area (Å²) in [5.74, 6) is 0.294. The summed E-state index contributed by atoms with van der Waals surface area (Å²) in [6, 6.07) is 17.0. The summed E-state index contributed by atoms with van der Waals surface area (Å²) in [6.45, 7) is 3.93. The molecule has 0 saturated carbocycles. The Hall–Kier alpha value is -2.41. The lowest BCUT2D eigenvalue weighted by Gasteiger charge is -2.51. The van der Waals surface area contributed by atoms with Crippen molar-refractivity contribution in [1.82, 2.24) is 14.7 Å². The Morgan fingerprint density at radius 1 is 1.00 bits per heavy atom. The van der Waals surface area contributed by atoms with Gasteiger partial charge in [0.25, 0.3) is 0 Å². The number of nitrogens with zero attached hydrogens (tertiary/aromatic N) is 3. The van der Waals surface area contributed by atoms with Crippen LogP contribution in [0.25, 0.3) is 0 Å². The number of benzene rings is 2. The molecule has 1 spiro atoms. The van der Waals surface area contributed by atoms with Gasteiger partial charge >= 0.3 is 0 Å². The normalized spacial score (nSPS) is 24.8. The van der Waals surface area contributed by atoms with E-state index >= 15 is 0 Å². The first-order valence-electron chi connectivity index (χ1n) is 12.7. The number of amides is 2. The molecule has 3 heterocycles. The van der Waals surface area contributed by atoms with Gasteiger partial charge in [-0.3, -0.25) is 14.5 Å². The summed E-state index contributed by atoms with van der Waals surface area (Å²) in [4.78, 5) is 32.8. The Bertz CT molecular complexity index is 1050. The van der Waals surface area contributed by atoms with Crippen LogP contribution in [0, 0.1) is 5.41 Å². The maximum atomic E-state index is 14.1. The van der Waals surface area contributed by atoms with Gasteiger partial charge in [-0.1, -0.05) is 54.1 Å². The summed E-state index contributed by atoms with van der Waals surface area (Å²) in [6.07, 6.45) is 3.28. The molecule has 0 aliphatic carbocycles. The third kappa shape index (κ3) is 5.11. The Balaban J connectivity index is 1.35. The Morgan fingerprint density at radius 2 is 1.71 bits per heavy atom. The molecule has 0 unspecified atom stereocenters. The monoisotopic (exact) mass is 495 g/mol. The second-order valence-corrected chi connectivity index (χ2v) is 10.8. The van der Waals surface area contributed by atoms with Gasteiger partial charge in [0.1, 0.15) is 0 Å². The number of hydrogen-bond donors (Lipinski definition) is 1. The van der Waals surface area contributed by atoms with Gasteiger partial charge in [0.15, 0.2) is 0 Å². The topological polar surface area (TPSA) is 64.1 Å². The molecular weight excluding hydrogens is 462 g/mol. The second-order valence-electron chi connectivity index (χ2n) is 10.3. The second kappa shape index (κ2) is 10.3. The number of halogens is 1. The average Bonchev–Trinajstić information content (AvgIpc) is 3.40. The van der Waals surface area contributed by atoms with Crippen LogP contribution < -0.4 is 0 Å². The van der Waals surface area contributed by atoms with Crippen LogP contribution in [-0.4, -0.2) is 70.4 Å². The summed E-state index contributed by atoms with van der Waals surface area (Å²) in [5.41, 5.74) is 1.29. The number of piperidine rings is 2. The first-order valence-corrected chi connectivity index (χ1v) is 13.1. The zero-order valence-corrected chi connectivity index (χ0v) is 20.9. The molecule has 2 aromatic rings. The van der Waals surface area contributed by atoms with E-state index in [2.05, 4.69) is 4.90 Å². The minimum absolute atomic E-state index is 0.0992. The number of rotatable bonds is 5. The highest BCUT2D eigenvalue weighted by Crippen LogP contribution is 2.47. The fraction of sp³-hybridized carbons (Fsp3) is 0.500. The number of hydrogen-bond acceptors (Lipinski definition) is 4. The first kappa shape index (κ1) is 24.3. The Morgan fingerprint density at radius 3 is 2.40 bits per heavy atom. The van der Waals surface area contributed by atoms with Crippen LogP contribution in [0.5, 0.6) is 0 Å². The summed E-state index contributed by atoms with van der Waals surface area (Å²) in [7, 11) is 0. The van der Waals surface area contributed by atoms with Crippen molar-refractivity contribution < 1.29 is 14.7 Å². The lowest BCUT2D eigenvalue weighted by atomic mass is 9.68. The molecular formula is C28H34ClN3O3. The Labute approximate surface area is 212 Å². The quantitative estimate of drug-likeness (QED) is 0.683. The van der Waals surface area contributed by atoms with E-state index in [-0.39, 0.29) is 11.8 Å². The maximum absolute atomic E-state index is 14.1. The van der Waals surface area contributed by atoms with E-state index in [1.54, 1.807) is 0 Å². The van der Waals surface area contributed by atoms with Crippen molar-refractivity contribution in [2.24, 2.45) is 5.41 Å². The van der Waals surface area contributed by atoms with E-state index in [0.717, 1.165) is 37.1 Å². The highest BCUT2D eigenvalue weighted by molar-refractivity contribution is 6.30. The molecule has 0 aromatic heterocycles. The molecule has 2 aromatic carbocycles. The van der Waals surface area contributed by atoms with Gasteiger partial charge in [-0.15, -0.1) is 0 Å². The van der Waals surface area contributed by atoms with Gasteiger partial charge in [-0.05, 0) is 68.5 Å². The van der Waals surface area contributed by atoms with E-state index in [0.29, 0.717) is 50.5 Å². The van der Waals surface area contributed by atoms with Crippen LogP contribution in [-0.2, 0) is 16.1 Å². The minimum Gasteiger partial charge on any atom is -0.391 e. The Kier molecular flexibility index (Phi) is 7.14. The molecule has 3 aliphatic heterocycles. The first-order chi connectivity index (χ1) is 16.9. The molecule has 1 N–H and O–H groups in total. The highest BCUT2D eigenvalue weighted by Gasteiger charge is 2.52. The molecule has 186 valence electrons. The van der Waals surface area contributed by atoms with Gasteiger partial charge < -0.3 is 14.9 Å². The molecule has 3 fully saturated rings. The molecule has 3 aliphatic rings. The molecule has 0 bridgehead atoms. The van der Waals surface area contributed by atoms with E-state index in [9.17, 15) is 14.7 Å². The van der Waals surface area contributed by atoms with Crippen LogP contribution in [0.4, 0.5) is 0 Å². The summed E-state index contributed by atoms with van der Waals surface area (Å²) in [5, 5.41) is 12.1. The van der Waals surface area contributed by atoms with Gasteiger partial charge in [-0.25, -0.2) is 0 Å². The van der Waals surface area contributed by atoms with E-state index in [1.165, 1.54) is 0 Å². The van der Waals surface area contributed by atoms with E-state index in [4.69, 9.17) is 11.6 Å². The van der Waals surface area contributed by atoms with Crippen molar-refractivity contribution in [3.05, 3.63) is 70.7 Å². The fourth-order valence-corrected chi connectivity index (χ4v) is 6.32. The molecule has 2 atom stereocenters. The summed E-state index contributed by atoms with van der Waals surface area (Å²) >= 11 is 6.24. The van der Waals surface area contributed by atoms with Crippen molar-refractivity contribution in [2.75, 3.05) is 32.7 Å². The zero-order valence-electron chi connectivity index (χ0n) is 20.1. The largest absolute Gasteiger partial charge is 0.391 e. The van der Waals surface area contributed by atoms with Crippen molar-refractivity contribution in [1.29, 1.82) is 0 Å². The number of carbonyl (C=O) groups is 2. The minimum atomic E-state index is -0.660. The van der Waals surface area contributed by atoms with Crippen LogP contribution >= 0.6 is 11.6 Å². The number of carbonyl (C=O) groups excluding carboxylic acids is 2. The average molecular weight is 496 g/mol. The maximum Gasteiger partial charge on any atom is 0.236 e. The zero-order chi connectivity index (χ0) is 24.4. The fourth-order valence-electron chi connectivity index (χ4n) is 6.11. The molecule has 2 amide bonds. The third-order valence-electron chi connectivity index (χ3n) is 8.03. The van der Waals surface area contributed by atoms with Gasteiger partial charge in [0, 0.05) is 24.7 Å². The van der Waals surface area contributed by atoms with Crippen molar-refractivity contribution in [3.8, 4) is 0 Å². The number of aliphatic hydroxyl groups is 1. The van der Waals surface area contributed by atoms with Gasteiger partial charge in [0.2, 0.25) is 11.8 Å². The molecule has 35 heavy (non-hydrogen) atoms. The highest BCUT2D eigenvalue weighted by atomic mass is 35.5. The van der Waals surface area contributed by atoms with Gasteiger partial charge in [0.05, 0.1) is 24.1 Å². The van der Waals surface area contributed by atoms with Crippen LogP contribution in [0.3, 0.4) is 0 Å². The van der Waals surface area contributed by atoms with Crippen LogP contribution in [0.2, 0.25) is 5.02 Å². The lowest BCUT2D eigenvalue weighted by molar-refractivity contribution is -0.165. The lowest BCUT2D eigenvalue weighted by Crippen LogP contribution is -2.58. The predicted octanol–water partition coefficient (Wildman–Crippen LogP) is 3.88. The SMILES string of the molecule is O=C(CN1CCC2(CC1)C[C@@H](O)[C@H](c1ccccc1)N(Cc1cccc(Cl)c1)C2=O)N1CCCC1. The molecule has 6 nitrogen and oxygen atoms in total. The smallest absolute Gasteiger partial charge is 0.236 e. The van der Waals surface area contributed by atoms with E-state index in [1.807, 2.05) is 64.4 Å². The van der Waals surface area contributed by atoms with E-state index < -0.39 is 17.6 Å². The standard InChI is InChI=1S/C28H34ClN3O3/c29-23-10-6-7-21(17-23)19-32-26(22-8-2-1-3-9-22)24(33)18-28(27(32)35)11-15-30(16-12-28)20-25(34)31-13-4-5-14-31/h1-3,6-10,17,24,26,33H,4-5,11-16,18-20H2/t24-,26+/m1/s1. The number of likely N-dealkylation sites (tertiary alicyclic amines) is 3. The van der Waals surface area contributed by atoms with Crippen LogP contribution in [0.15, 0.2) is 54.6 Å². The molecule has 5 rings (SSSR count). The van der Waals surface area contributed by atoms with Crippen molar-refractivity contribution in [2.45, 2.75) is 50.8 Å². The van der Waals surface area contributed by atoms with Crippen LogP contribution in [0.1, 0.15) is 49.3 Å². The summed E-state index contributed by atoms with van der Waals surface area (Å²) < 4.78 is 0.